The van der Waals surface area contributed by atoms with E-state index in [1.807, 2.05) is 32.0 Å². The number of rotatable bonds is 10. The largest absolute Gasteiger partial charge is 0.465 e. The number of carbonyl (C=O) groups is 4. The molecule has 2 amide bonds. The average Bonchev–Trinajstić information content (AvgIpc) is 2.81. The quantitative estimate of drug-likeness (QED) is 0.547. The van der Waals surface area contributed by atoms with Crippen molar-refractivity contribution in [1.82, 2.24) is 0 Å². The summed E-state index contributed by atoms with van der Waals surface area (Å²) in [5, 5.41) is 5.45. The number of hydrogen-bond acceptors (Lipinski definition) is 6. The molecule has 0 heterocycles. The third-order valence-corrected chi connectivity index (χ3v) is 4.77. The van der Waals surface area contributed by atoms with Gasteiger partial charge in [0.05, 0.1) is 19.1 Å². The van der Waals surface area contributed by atoms with Crippen LogP contribution in [-0.2, 0) is 36.7 Å². The van der Waals surface area contributed by atoms with Gasteiger partial charge in [0.25, 0.3) is 5.91 Å². The van der Waals surface area contributed by atoms with Gasteiger partial charge in [0.1, 0.15) is 0 Å². The van der Waals surface area contributed by atoms with E-state index in [-0.39, 0.29) is 18.7 Å². The highest BCUT2D eigenvalue weighted by Gasteiger charge is 2.14. The summed E-state index contributed by atoms with van der Waals surface area (Å²) in [6.45, 7) is 3.59. The van der Waals surface area contributed by atoms with Crippen molar-refractivity contribution in [3.63, 3.8) is 0 Å². The highest BCUT2D eigenvalue weighted by molar-refractivity contribution is 5.96. The molecule has 8 nitrogen and oxygen atoms in total. The molecule has 2 aromatic rings. The first-order chi connectivity index (χ1) is 15.4. The molecule has 0 saturated heterocycles. The number of esters is 2. The molecule has 2 N–H and O–H groups in total. The van der Waals surface area contributed by atoms with Crippen molar-refractivity contribution in [2.75, 3.05) is 24.4 Å². The fraction of sp³-hybridized carbons (Fsp3) is 0.333. The Hall–Kier alpha value is -3.68. The van der Waals surface area contributed by atoms with Gasteiger partial charge in [0.2, 0.25) is 5.91 Å². The Labute approximate surface area is 187 Å². The second kappa shape index (κ2) is 12.2. The Balaban J connectivity index is 1.77. The Morgan fingerprint density at radius 1 is 0.812 bits per heavy atom. The van der Waals surface area contributed by atoms with E-state index in [9.17, 15) is 19.2 Å². The molecular formula is C24H28N2O6. The summed E-state index contributed by atoms with van der Waals surface area (Å²) in [4.78, 5) is 47.6. The lowest BCUT2D eigenvalue weighted by atomic mass is 10.0. The van der Waals surface area contributed by atoms with Crippen molar-refractivity contribution in [2.45, 2.75) is 39.5 Å². The molecule has 170 valence electrons. The summed E-state index contributed by atoms with van der Waals surface area (Å²) in [6.07, 6.45) is 1.27. The maximum atomic E-state index is 12.2. The summed E-state index contributed by atoms with van der Waals surface area (Å²) in [7, 11) is 1.28. The summed E-state index contributed by atoms with van der Waals surface area (Å²) in [5.41, 5.74) is 3.63. The third-order valence-electron chi connectivity index (χ3n) is 4.77. The molecule has 2 rings (SSSR count). The molecule has 0 aromatic heterocycles. The van der Waals surface area contributed by atoms with Gasteiger partial charge in [-0.3, -0.25) is 14.4 Å². The van der Waals surface area contributed by atoms with E-state index in [1.54, 1.807) is 12.1 Å². The molecule has 0 atom stereocenters. The minimum absolute atomic E-state index is 0.0993. The molecule has 2 aromatic carbocycles. The van der Waals surface area contributed by atoms with E-state index in [1.165, 1.54) is 19.2 Å². The fourth-order valence-corrected chi connectivity index (χ4v) is 3.04. The van der Waals surface area contributed by atoms with Crippen molar-refractivity contribution in [1.29, 1.82) is 0 Å². The summed E-state index contributed by atoms with van der Waals surface area (Å²) >= 11 is 0. The summed E-state index contributed by atoms with van der Waals surface area (Å²) < 4.78 is 9.61. The molecule has 0 saturated carbocycles. The van der Waals surface area contributed by atoms with E-state index in [2.05, 4.69) is 15.4 Å². The number of para-hydroxylation sites is 1. The molecule has 0 unspecified atom stereocenters. The minimum Gasteiger partial charge on any atom is -0.465 e. The first-order valence-corrected chi connectivity index (χ1v) is 10.4. The zero-order chi connectivity index (χ0) is 23.5. The maximum Gasteiger partial charge on any atom is 0.337 e. The van der Waals surface area contributed by atoms with E-state index >= 15 is 0 Å². The standard InChI is InChI=1S/C24H28N2O6/c1-4-16-7-6-8-17(5-2)23(16)26-21(28)15-32-22(29)14-13-20(27)25-19-11-9-18(10-12-19)24(30)31-3/h6-12H,4-5,13-15H2,1-3H3,(H,25,27)(H,26,28). The number of carbonyl (C=O) groups excluding carboxylic acids is 4. The van der Waals surface area contributed by atoms with Crippen LogP contribution in [0, 0.1) is 0 Å². The van der Waals surface area contributed by atoms with Crippen LogP contribution in [-0.4, -0.2) is 37.5 Å². The molecular weight excluding hydrogens is 412 g/mol. The second-order valence-corrected chi connectivity index (χ2v) is 6.98. The first-order valence-electron chi connectivity index (χ1n) is 10.4. The fourth-order valence-electron chi connectivity index (χ4n) is 3.04. The van der Waals surface area contributed by atoms with Gasteiger partial charge in [0, 0.05) is 17.8 Å². The highest BCUT2D eigenvalue weighted by Crippen LogP contribution is 2.22. The lowest BCUT2D eigenvalue weighted by molar-refractivity contribution is -0.147. The van der Waals surface area contributed by atoms with Crippen LogP contribution in [0.5, 0.6) is 0 Å². The number of aryl methyl sites for hydroxylation is 2. The van der Waals surface area contributed by atoms with Gasteiger partial charge < -0.3 is 20.1 Å². The van der Waals surface area contributed by atoms with Crippen molar-refractivity contribution in [3.8, 4) is 0 Å². The van der Waals surface area contributed by atoms with Gasteiger partial charge in [0.15, 0.2) is 6.61 Å². The second-order valence-electron chi connectivity index (χ2n) is 6.98. The van der Waals surface area contributed by atoms with Gasteiger partial charge in [-0.25, -0.2) is 4.79 Å². The monoisotopic (exact) mass is 440 g/mol. The molecule has 0 aliphatic carbocycles. The molecule has 8 heteroatoms. The topological polar surface area (TPSA) is 111 Å². The van der Waals surface area contributed by atoms with Crippen LogP contribution in [0.3, 0.4) is 0 Å². The number of hydrogen-bond donors (Lipinski definition) is 2. The number of methoxy groups -OCH3 is 1. The predicted octanol–water partition coefficient (Wildman–Crippen LogP) is 3.50. The van der Waals surface area contributed by atoms with E-state index in [0.717, 1.165) is 29.7 Å². The van der Waals surface area contributed by atoms with E-state index in [0.29, 0.717) is 11.3 Å². The summed E-state index contributed by atoms with van der Waals surface area (Å²) in [5.74, 6) is -1.93. The van der Waals surface area contributed by atoms with Crippen LogP contribution in [0.2, 0.25) is 0 Å². The minimum atomic E-state index is -0.643. The van der Waals surface area contributed by atoms with Gasteiger partial charge in [-0.1, -0.05) is 32.0 Å². The third kappa shape index (κ3) is 7.23. The van der Waals surface area contributed by atoms with E-state index < -0.39 is 24.5 Å². The number of ether oxygens (including phenoxy) is 2. The number of benzene rings is 2. The van der Waals surface area contributed by atoms with Crippen molar-refractivity contribution >= 4 is 35.1 Å². The zero-order valence-electron chi connectivity index (χ0n) is 18.5. The zero-order valence-corrected chi connectivity index (χ0v) is 18.5. The van der Waals surface area contributed by atoms with Crippen LogP contribution in [0.25, 0.3) is 0 Å². The molecule has 0 spiro atoms. The van der Waals surface area contributed by atoms with Crippen molar-refractivity contribution in [3.05, 3.63) is 59.2 Å². The molecule has 0 bridgehead atoms. The van der Waals surface area contributed by atoms with Crippen LogP contribution >= 0.6 is 0 Å². The van der Waals surface area contributed by atoms with Crippen LogP contribution in [0.1, 0.15) is 48.2 Å². The molecule has 0 radical (unpaired) electrons. The Kier molecular flexibility index (Phi) is 9.41. The average molecular weight is 440 g/mol. The lowest BCUT2D eigenvalue weighted by Crippen LogP contribution is -2.23. The molecule has 32 heavy (non-hydrogen) atoms. The first kappa shape index (κ1) is 24.6. The Morgan fingerprint density at radius 3 is 2.00 bits per heavy atom. The highest BCUT2D eigenvalue weighted by atomic mass is 16.5. The summed E-state index contributed by atoms with van der Waals surface area (Å²) in [6, 6.07) is 12.0. The van der Waals surface area contributed by atoms with Crippen molar-refractivity contribution < 1.29 is 28.7 Å². The predicted molar refractivity (Wildman–Crippen MR) is 120 cm³/mol. The van der Waals surface area contributed by atoms with Gasteiger partial charge in [-0.2, -0.15) is 0 Å². The lowest BCUT2D eigenvalue weighted by Gasteiger charge is -2.14. The van der Waals surface area contributed by atoms with Crippen LogP contribution in [0.4, 0.5) is 11.4 Å². The normalized spacial score (nSPS) is 10.2. The van der Waals surface area contributed by atoms with Crippen LogP contribution < -0.4 is 10.6 Å². The van der Waals surface area contributed by atoms with E-state index in [4.69, 9.17) is 4.74 Å². The van der Waals surface area contributed by atoms with Gasteiger partial charge in [-0.05, 0) is 48.2 Å². The maximum absolute atomic E-state index is 12.2. The number of nitrogens with one attached hydrogen (secondary N) is 2. The van der Waals surface area contributed by atoms with Gasteiger partial charge >= 0.3 is 11.9 Å². The Bertz CT molecular complexity index is 947. The number of anilines is 2. The van der Waals surface area contributed by atoms with Crippen LogP contribution in [0.15, 0.2) is 42.5 Å². The molecule has 0 fully saturated rings. The Morgan fingerprint density at radius 2 is 1.44 bits per heavy atom. The number of amides is 2. The molecule has 0 aliphatic heterocycles. The molecule has 0 aliphatic rings. The van der Waals surface area contributed by atoms with Crippen molar-refractivity contribution in [2.24, 2.45) is 0 Å². The van der Waals surface area contributed by atoms with Gasteiger partial charge in [-0.15, -0.1) is 0 Å². The smallest absolute Gasteiger partial charge is 0.337 e. The SMILES string of the molecule is CCc1cccc(CC)c1NC(=O)COC(=O)CCC(=O)Nc1ccc(C(=O)OC)cc1.